The molecule has 0 fully saturated rings. The van der Waals surface area contributed by atoms with Crippen molar-refractivity contribution in [3.05, 3.63) is 0 Å². The van der Waals surface area contributed by atoms with E-state index in [9.17, 15) is 4.79 Å². The normalized spacial score (nSPS) is 12.7. The number of hydrogen-bond donors (Lipinski definition) is 2. The maximum Gasteiger partial charge on any atom is 0.234 e. The Kier molecular flexibility index (Phi) is 11.0. The van der Waals surface area contributed by atoms with Crippen LogP contribution >= 0.6 is 0 Å². The molecule has 0 aliphatic heterocycles. The lowest BCUT2D eigenvalue weighted by Gasteiger charge is -2.21. The van der Waals surface area contributed by atoms with Gasteiger partial charge in [0, 0.05) is 19.1 Å². The average Bonchev–Trinajstić information content (AvgIpc) is 2.33. The minimum absolute atomic E-state index is 0.0941. The first-order valence-electron chi connectivity index (χ1n) is 6.93. The molecule has 5 nitrogen and oxygen atoms in total. The molecule has 1 atom stereocenters. The van der Waals surface area contributed by atoms with Crippen molar-refractivity contribution >= 4 is 5.91 Å². The number of carbonyl (C=O) groups is 1. The van der Waals surface area contributed by atoms with Crippen molar-refractivity contribution in [2.24, 2.45) is 5.73 Å². The molecule has 0 aromatic carbocycles. The van der Waals surface area contributed by atoms with E-state index in [1.807, 2.05) is 13.8 Å². The van der Waals surface area contributed by atoms with Crippen LogP contribution in [0.1, 0.15) is 33.6 Å². The third kappa shape index (κ3) is 9.39. The largest absolute Gasteiger partial charge is 0.379 e. The molecule has 0 aromatic rings. The van der Waals surface area contributed by atoms with E-state index in [1.54, 1.807) is 0 Å². The van der Waals surface area contributed by atoms with Gasteiger partial charge in [0.1, 0.15) is 0 Å². The van der Waals surface area contributed by atoms with E-state index >= 15 is 0 Å². The zero-order valence-electron chi connectivity index (χ0n) is 12.1. The second-order valence-electron chi connectivity index (χ2n) is 4.53. The van der Waals surface area contributed by atoms with E-state index in [-0.39, 0.29) is 11.9 Å². The molecule has 0 heterocycles. The first-order chi connectivity index (χ1) is 8.63. The van der Waals surface area contributed by atoms with Gasteiger partial charge in [0.2, 0.25) is 5.91 Å². The molecule has 5 heteroatoms. The Labute approximate surface area is 111 Å². The van der Waals surface area contributed by atoms with Gasteiger partial charge >= 0.3 is 0 Å². The molecule has 0 saturated carbocycles. The van der Waals surface area contributed by atoms with Gasteiger partial charge in [0.25, 0.3) is 0 Å². The molecule has 0 aromatic heterocycles. The molecule has 0 rings (SSSR count). The summed E-state index contributed by atoms with van der Waals surface area (Å²) in [6.07, 6.45) is 2.11. The van der Waals surface area contributed by atoms with Gasteiger partial charge in [0.05, 0.1) is 19.8 Å². The third-order valence-electron chi connectivity index (χ3n) is 2.76. The van der Waals surface area contributed by atoms with Crippen molar-refractivity contribution in [1.29, 1.82) is 0 Å². The van der Waals surface area contributed by atoms with E-state index in [0.29, 0.717) is 26.3 Å². The van der Waals surface area contributed by atoms with Gasteiger partial charge in [-0.15, -0.1) is 0 Å². The molecule has 1 unspecified atom stereocenters. The number of nitrogens with zero attached hydrogens (tertiary/aromatic N) is 1. The zero-order valence-corrected chi connectivity index (χ0v) is 12.1. The molecule has 0 saturated heterocycles. The highest BCUT2D eigenvalue weighted by Gasteiger charge is 2.10. The lowest BCUT2D eigenvalue weighted by Crippen LogP contribution is -2.42. The summed E-state index contributed by atoms with van der Waals surface area (Å²) in [4.78, 5) is 13.8. The summed E-state index contributed by atoms with van der Waals surface area (Å²) in [6.45, 7) is 10.0. The van der Waals surface area contributed by atoms with E-state index in [4.69, 9.17) is 10.5 Å². The van der Waals surface area contributed by atoms with Crippen molar-refractivity contribution in [3.8, 4) is 0 Å². The number of nitrogens with one attached hydrogen (secondary N) is 1. The Morgan fingerprint density at radius 2 is 2.11 bits per heavy atom. The fourth-order valence-corrected chi connectivity index (χ4v) is 1.76. The number of likely N-dealkylation sites (N-methyl/N-ethyl adjacent to an activating group) is 1. The van der Waals surface area contributed by atoms with Crippen molar-refractivity contribution in [1.82, 2.24) is 10.2 Å². The third-order valence-corrected chi connectivity index (χ3v) is 2.76. The molecule has 0 aliphatic rings. The number of hydrogen-bond acceptors (Lipinski definition) is 4. The fourth-order valence-electron chi connectivity index (χ4n) is 1.76. The predicted octanol–water partition coefficient (Wildman–Crippen LogP) is 0.588. The number of ether oxygens (including phenoxy) is 1. The standard InChI is InChI=1S/C13H29N3O2/c1-4-6-12(3)15-13(17)11-16(5-2)8-10-18-9-7-14/h12H,4-11,14H2,1-3H3,(H,15,17). The Morgan fingerprint density at radius 1 is 1.39 bits per heavy atom. The van der Waals surface area contributed by atoms with Gasteiger partial charge in [-0.1, -0.05) is 20.3 Å². The maximum absolute atomic E-state index is 11.8. The van der Waals surface area contributed by atoms with Crippen LogP contribution in [0.5, 0.6) is 0 Å². The molecule has 0 spiro atoms. The highest BCUT2D eigenvalue weighted by Crippen LogP contribution is 1.95. The number of amides is 1. The topological polar surface area (TPSA) is 67.6 Å². The van der Waals surface area contributed by atoms with E-state index in [2.05, 4.69) is 17.1 Å². The Morgan fingerprint density at radius 3 is 2.67 bits per heavy atom. The van der Waals surface area contributed by atoms with Crippen molar-refractivity contribution < 1.29 is 9.53 Å². The quantitative estimate of drug-likeness (QED) is 0.533. The first-order valence-corrected chi connectivity index (χ1v) is 6.93. The van der Waals surface area contributed by atoms with Gasteiger partial charge in [0.15, 0.2) is 0 Å². The zero-order chi connectivity index (χ0) is 13.8. The molecule has 1 amide bonds. The molecule has 0 bridgehead atoms. The molecule has 0 aliphatic carbocycles. The summed E-state index contributed by atoms with van der Waals surface area (Å²) in [5.74, 6) is 0.0941. The number of rotatable bonds is 11. The molecular weight excluding hydrogens is 230 g/mol. The summed E-state index contributed by atoms with van der Waals surface area (Å²) >= 11 is 0. The molecule has 0 radical (unpaired) electrons. The Hall–Kier alpha value is -0.650. The van der Waals surface area contributed by atoms with Gasteiger partial charge in [-0.25, -0.2) is 0 Å². The van der Waals surface area contributed by atoms with Crippen LogP contribution in [-0.4, -0.2) is 56.2 Å². The molecule has 108 valence electrons. The van der Waals surface area contributed by atoms with Crippen LogP contribution in [0.2, 0.25) is 0 Å². The van der Waals surface area contributed by atoms with E-state index < -0.39 is 0 Å². The van der Waals surface area contributed by atoms with Gasteiger partial charge in [-0.2, -0.15) is 0 Å². The van der Waals surface area contributed by atoms with Gasteiger partial charge < -0.3 is 15.8 Å². The SMILES string of the molecule is CCCC(C)NC(=O)CN(CC)CCOCCN. The second-order valence-corrected chi connectivity index (χ2v) is 4.53. The summed E-state index contributed by atoms with van der Waals surface area (Å²) in [5.41, 5.74) is 5.34. The van der Waals surface area contributed by atoms with Crippen LogP contribution in [0.4, 0.5) is 0 Å². The highest BCUT2D eigenvalue weighted by atomic mass is 16.5. The van der Waals surface area contributed by atoms with Crippen LogP contribution in [0.15, 0.2) is 0 Å². The first kappa shape index (κ1) is 17.4. The number of carbonyl (C=O) groups excluding carboxylic acids is 1. The lowest BCUT2D eigenvalue weighted by molar-refractivity contribution is -0.123. The fraction of sp³-hybridized carbons (Fsp3) is 0.923. The Balaban J connectivity index is 3.78. The Bertz CT molecular complexity index is 212. The van der Waals surface area contributed by atoms with Crippen LogP contribution in [0, 0.1) is 0 Å². The molecule has 18 heavy (non-hydrogen) atoms. The molecule has 3 N–H and O–H groups in total. The monoisotopic (exact) mass is 259 g/mol. The summed E-state index contributed by atoms with van der Waals surface area (Å²) in [6, 6.07) is 0.259. The minimum Gasteiger partial charge on any atom is -0.379 e. The summed E-state index contributed by atoms with van der Waals surface area (Å²) in [7, 11) is 0. The van der Waals surface area contributed by atoms with Crippen molar-refractivity contribution in [2.45, 2.75) is 39.7 Å². The predicted molar refractivity (Wildman–Crippen MR) is 74.5 cm³/mol. The van der Waals surface area contributed by atoms with E-state index in [0.717, 1.165) is 25.9 Å². The second kappa shape index (κ2) is 11.4. The van der Waals surface area contributed by atoms with Gasteiger partial charge in [-0.3, -0.25) is 9.69 Å². The highest BCUT2D eigenvalue weighted by molar-refractivity contribution is 5.78. The minimum atomic E-state index is 0.0941. The van der Waals surface area contributed by atoms with Crippen LogP contribution in [0.25, 0.3) is 0 Å². The summed E-state index contributed by atoms with van der Waals surface area (Å²) < 4.78 is 5.32. The van der Waals surface area contributed by atoms with Crippen LogP contribution in [0.3, 0.4) is 0 Å². The summed E-state index contributed by atoms with van der Waals surface area (Å²) in [5, 5.41) is 3.01. The maximum atomic E-state index is 11.8. The van der Waals surface area contributed by atoms with Crippen LogP contribution in [-0.2, 0) is 9.53 Å². The van der Waals surface area contributed by atoms with E-state index in [1.165, 1.54) is 0 Å². The average molecular weight is 259 g/mol. The molecular formula is C13H29N3O2. The smallest absolute Gasteiger partial charge is 0.234 e. The van der Waals surface area contributed by atoms with Crippen molar-refractivity contribution in [3.63, 3.8) is 0 Å². The van der Waals surface area contributed by atoms with Crippen molar-refractivity contribution in [2.75, 3.05) is 39.4 Å². The lowest BCUT2D eigenvalue weighted by atomic mass is 10.2. The number of nitrogens with two attached hydrogens (primary N) is 1. The van der Waals surface area contributed by atoms with Gasteiger partial charge in [-0.05, 0) is 19.9 Å². The van der Waals surface area contributed by atoms with Crippen LogP contribution < -0.4 is 11.1 Å².